The molecule has 0 fully saturated rings. The Morgan fingerprint density at radius 3 is 2.53 bits per heavy atom. The van der Waals surface area contributed by atoms with Gasteiger partial charge in [-0.3, -0.25) is 4.79 Å². The van der Waals surface area contributed by atoms with Crippen LogP contribution in [-0.2, 0) is 4.79 Å². The zero-order valence-corrected chi connectivity index (χ0v) is 8.53. The van der Waals surface area contributed by atoms with Crippen molar-refractivity contribution >= 4 is 5.91 Å². The van der Waals surface area contributed by atoms with Crippen LogP contribution in [0.3, 0.4) is 0 Å². The van der Waals surface area contributed by atoms with Crippen molar-refractivity contribution < 1.29 is 14.3 Å². The van der Waals surface area contributed by atoms with Gasteiger partial charge in [-0.15, -0.1) is 0 Å². The minimum absolute atomic E-state index is 0.140. The Labute approximate surface area is 87.9 Å². The summed E-state index contributed by atoms with van der Waals surface area (Å²) >= 11 is 0. The maximum Gasteiger partial charge on any atom is 0.220 e. The summed E-state index contributed by atoms with van der Waals surface area (Å²) in [6.07, 6.45) is 0.359. The van der Waals surface area contributed by atoms with E-state index in [-0.39, 0.29) is 18.3 Å². The number of amides is 1. The number of carbonyl (C=O) groups excluding carboxylic acids is 1. The predicted octanol–water partition coefficient (Wildman–Crippen LogP) is 1.39. The fourth-order valence-corrected chi connectivity index (χ4v) is 1.23. The van der Waals surface area contributed by atoms with Crippen LogP contribution in [-0.4, -0.2) is 17.6 Å². The maximum atomic E-state index is 12.6. The van der Waals surface area contributed by atoms with E-state index >= 15 is 0 Å². The third-order valence-electron chi connectivity index (χ3n) is 2.11. The Hall–Kier alpha value is -1.42. The lowest BCUT2D eigenvalue weighted by Crippen LogP contribution is -2.30. The molecule has 1 rings (SSSR count). The smallest absolute Gasteiger partial charge is 0.220 e. The number of rotatable bonds is 4. The minimum Gasteiger partial charge on any atom is -0.394 e. The van der Waals surface area contributed by atoms with E-state index in [9.17, 15) is 9.18 Å². The molecule has 1 aromatic carbocycles. The molecule has 4 heteroatoms. The van der Waals surface area contributed by atoms with Crippen molar-refractivity contribution in [3.8, 4) is 0 Å². The summed E-state index contributed by atoms with van der Waals surface area (Å²) in [6.45, 7) is 1.53. The number of halogens is 1. The van der Waals surface area contributed by atoms with Gasteiger partial charge in [-0.25, -0.2) is 4.39 Å². The van der Waals surface area contributed by atoms with Gasteiger partial charge in [-0.1, -0.05) is 19.1 Å². The molecule has 0 aliphatic heterocycles. The van der Waals surface area contributed by atoms with Crippen molar-refractivity contribution in [3.63, 3.8) is 0 Å². The van der Waals surface area contributed by atoms with Crippen molar-refractivity contribution in [1.82, 2.24) is 5.32 Å². The van der Waals surface area contributed by atoms with E-state index in [4.69, 9.17) is 5.11 Å². The third-order valence-corrected chi connectivity index (χ3v) is 2.11. The van der Waals surface area contributed by atoms with Crippen molar-refractivity contribution in [2.24, 2.45) is 0 Å². The number of hydrogen-bond donors (Lipinski definition) is 2. The molecule has 1 aromatic rings. The van der Waals surface area contributed by atoms with Crippen LogP contribution >= 0.6 is 0 Å². The number of hydrogen-bond acceptors (Lipinski definition) is 2. The zero-order chi connectivity index (χ0) is 11.3. The van der Waals surface area contributed by atoms with Gasteiger partial charge in [-0.05, 0) is 17.7 Å². The summed E-state index contributed by atoms with van der Waals surface area (Å²) < 4.78 is 12.6. The summed E-state index contributed by atoms with van der Waals surface area (Å²) in [5.74, 6) is -0.476. The predicted molar refractivity (Wildman–Crippen MR) is 54.7 cm³/mol. The average molecular weight is 211 g/mol. The van der Waals surface area contributed by atoms with Crippen LogP contribution < -0.4 is 5.32 Å². The van der Waals surface area contributed by atoms with E-state index in [0.29, 0.717) is 12.0 Å². The molecule has 15 heavy (non-hydrogen) atoms. The largest absolute Gasteiger partial charge is 0.394 e. The van der Waals surface area contributed by atoms with Gasteiger partial charge < -0.3 is 10.4 Å². The fraction of sp³-hybridized carbons (Fsp3) is 0.364. The molecule has 0 saturated carbocycles. The molecule has 0 spiro atoms. The van der Waals surface area contributed by atoms with Gasteiger partial charge >= 0.3 is 0 Å². The lowest BCUT2D eigenvalue weighted by atomic mass is 10.1. The quantitative estimate of drug-likeness (QED) is 0.790. The number of benzene rings is 1. The van der Waals surface area contributed by atoms with Crippen LogP contribution in [0, 0.1) is 5.82 Å². The minimum atomic E-state index is -0.460. The highest BCUT2D eigenvalue weighted by molar-refractivity contribution is 5.76. The second-order valence-corrected chi connectivity index (χ2v) is 3.21. The molecular formula is C11H14FNO2. The average Bonchev–Trinajstić information content (AvgIpc) is 2.27. The Morgan fingerprint density at radius 2 is 2.07 bits per heavy atom. The van der Waals surface area contributed by atoms with Crippen LogP contribution in [0.5, 0.6) is 0 Å². The first-order valence-electron chi connectivity index (χ1n) is 4.83. The Bertz CT molecular complexity index is 324. The van der Waals surface area contributed by atoms with Crippen LogP contribution in [0.2, 0.25) is 0 Å². The number of aliphatic hydroxyl groups excluding tert-OH is 1. The molecule has 2 N–H and O–H groups in total. The molecule has 1 atom stereocenters. The van der Waals surface area contributed by atoms with Crippen LogP contribution in [0.1, 0.15) is 24.9 Å². The van der Waals surface area contributed by atoms with E-state index in [1.165, 1.54) is 12.1 Å². The standard InChI is InChI=1S/C11H14FNO2/c1-2-11(15)13-10(7-14)8-3-5-9(12)6-4-8/h3-6,10,14H,2,7H2,1H3,(H,13,15)/t10-/m1/s1. The maximum absolute atomic E-state index is 12.6. The summed E-state index contributed by atoms with van der Waals surface area (Å²) in [7, 11) is 0. The summed E-state index contributed by atoms with van der Waals surface area (Å²) in [5, 5.41) is 11.7. The first kappa shape index (κ1) is 11.7. The number of carbonyl (C=O) groups is 1. The van der Waals surface area contributed by atoms with E-state index in [1.54, 1.807) is 19.1 Å². The van der Waals surface area contributed by atoms with Gasteiger partial charge in [0.1, 0.15) is 5.82 Å². The monoisotopic (exact) mass is 211 g/mol. The van der Waals surface area contributed by atoms with Gasteiger partial charge in [0.2, 0.25) is 5.91 Å². The van der Waals surface area contributed by atoms with Gasteiger partial charge in [0.05, 0.1) is 12.6 Å². The van der Waals surface area contributed by atoms with Crippen molar-refractivity contribution in [2.45, 2.75) is 19.4 Å². The van der Waals surface area contributed by atoms with Crippen LogP contribution in [0.4, 0.5) is 4.39 Å². The van der Waals surface area contributed by atoms with Crippen molar-refractivity contribution in [1.29, 1.82) is 0 Å². The second kappa shape index (κ2) is 5.46. The van der Waals surface area contributed by atoms with E-state index < -0.39 is 6.04 Å². The lowest BCUT2D eigenvalue weighted by molar-refractivity contribution is -0.121. The molecule has 0 aliphatic carbocycles. The van der Waals surface area contributed by atoms with E-state index in [2.05, 4.69) is 5.32 Å². The molecule has 0 heterocycles. The Balaban J connectivity index is 2.74. The van der Waals surface area contributed by atoms with Crippen LogP contribution in [0.25, 0.3) is 0 Å². The highest BCUT2D eigenvalue weighted by Gasteiger charge is 2.12. The SMILES string of the molecule is CCC(=O)N[C@H](CO)c1ccc(F)cc1. The highest BCUT2D eigenvalue weighted by Crippen LogP contribution is 2.13. The third kappa shape index (κ3) is 3.32. The topological polar surface area (TPSA) is 49.3 Å². The highest BCUT2D eigenvalue weighted by atomic mass is 19.1. The van der Waals surface area contributed by atoms with Crippen LogP contribution in [0.15, 0.2) is 24.3 Å². The lowest BCUT2D eigenvalue weighted by Gasteiger charge is -2.16. The van der Waals surface area contributed by atoms with E-state index in [1.807, 2.05) is 0 Å². The number of nitrogens with one attached hydrogen (secondary N) is 1. The normalized spacial score (nSPS) is 12.2. The summed E-state index contributed by atoms with van der Waals surface area (Å²) in [6, 6.07) is 5.24. The molecule has 0 aromatic heterocycles. The Morgan fingerprint density at radius 1 is 1.47 bits per heavy atom. The molecule has 0 bridgehead atoms. The second-order valence-electron chi connectivity index (χ2n) is 3.21. The summed E-state index contributed by atoms with van der Waals surface area (Å²) in [5.41, 5.74) is 0.695. The van der Waals surface area contributed by atoms with Gasteiger partial charge in [0.15, 0.2) is 0 Å². The molecule has 1 amide bonds. The summed E-state index contributed by atoms with van der Waals surface area (Å²) in [4.78, 5) is 11.1. The molecule has 0 radical (unpaired) electrons. The van der Waals surface area contributed by atoms with E-state index in [0.717, 1.165) is 0 Å². The zero-order valence-electron chi connectivity index (χ0n) is 8.53. The molecule has 0 aliphatic rings. The molecule has 0 saturated heterocycles. The van der Waals surface area contributed by atoms with Gasteiger partial charge in [0.25, 0.3) is 0 Å². The Kier molecular flexibility index (Phi) is 4.24. The number of aliphatic hydroxyl groups is 1. The van der Waals surface area contributed by atoms with Gasteiger partial charge in [0, 0.05) is 6.42 Å². The molecule has 3 nitrogen and oxygen atoms in total. The first-order valence-corrected chi connectivity index (χ1v) is 4.83. The first-order chi connectivity index (χ1) is 7.17. The molecular weight excluding hydrogens is 197 g/mol. The molecule has 82 valence electrons. The molecule has 0 unspecified atom stereocenters. The van der Waals surface area contributed by atoms with Crippen molar-refractivity contribution in [2.75, 3.05) is 6.61 Å². The van der Waals surface area contributed by atoms with Gasteiger partial charge in [-0.2, -0.15) is 0 Å². The fourth-order valence-electron chi connectivity index (χ4n) is 1.23. The van der Waals surface area contributed by atoms with Crippen molar-refractivity contribution in [3.05, 3.63) is 35.6 Å².